The molecule has 0 heterocycles. The van der Waals surface area contributed by atoms with E-state index in [1.807, 2.05) is 0 Å². The molecule has 9 aliphatic rings. The number of esters is 1. The van der Waals surface area contributed by atoms with Gasteiger partial charge in [-0.15, -0.1) is 0 Å². The molecule has 5 nitrogen and oxygen atoms in total. The Balaban J connectivity index is 0.000000117. The summed E-state index contributed by atoms with van der Waals surface area (Å²) in [6, 6.07) is 0.370. The molecule has 6 heteroatoms. The Bertz CT molecular complexity index is 1210. The standard InChI is InChI=1S/C17H26O3.C13H21ClO.C12H20O/c1-10(2)16(18)20-9-19-15-13-8-14(17(15,3)4)12-7-5-6-11(12)13;1-13(2)11-6-10(12(13)15-7-14)8-4-3-5-9(8)11;1-12(2)10-6-9(11(12)13)7-4-3-5-8(7)10/h11-15H,1,5-9H2,2-4H3;8-12H,3-7H2,1-2H3;7-11,13H,3-6H2,1-2H3. The molecule has 0 spiro atoms. The van der Waals surface area contributed by atoms with Gasteiger partial charge in [0.25, 0.3) is 0 Å². The highest BCUT2D eigenvalue weighted by atomic mass is 35.5. The molecule has 0 aromatic carbocycles. The van der Waals surface area contributed by atoms with Crippen LogP contribution < -0.4 is 0 Å². The van der Waals surface area contributed by atoms with Crippen LogP contribution in [0, 0.1) is 87.3 Å². The number of fused-ring (bicyclic) bond motifs is 15. The minimum absolute atomic E-state index is 0.00292. The molecule has 0 radical (unpaired) electrons. The third-order valence-corrected chi connectivity index (χ3v) is 17.1. The average molecular weight is 687 g/mol. The summed E-state index contributed by atoms with van der Waals surface area (Å²) in [6.07, 6.45) is 17.5. The van der Waals surface area contributed by atoms with E-state index in [4.69, 9.17) is 25.8 Å². The first-order valence-corrected chi connectivity index (χ1v) is 20.5. The molecule has 9 aliphatic carbocycles. The number of rotatable bonds is 6. The van der Waals surface area contributed by atoms with E-state index in [0.29, 0.717) is 35.0 Å². The number of ether oxygens (including phenoxy) is 3. The first-order valence-electron chi connectivity index (χ1n) is 20.0. The summed E-state index contributed by atoms with van der Waals surface area (Å²) in [5.41, 5.74) is 1.23. The predicted octanol–water partition coefficient (Wildman–Crippen LogP) is 9.64. The lowest BCUT2D eigenvalue weighted by Crippen LogP contribution is -2.44. The Morgan fingerprint density at radius 3 is 1.50 bits per heavy atom. The number of carbonyl (C=O) groups is 1. The first kappa shape index (κ1) is 35.8. The Kier molecular flexibility index (Phi) is 9.76. The van der Waals surface area contributed by atoms with Crippen molar-refractivity contribution in [2.24, 2.45) is 87.3 Å². The monoisotopic (exact) mass is 686 g/mol. The lowest BCUT2D eigenvalue weighted by molar-refractivity contribution is -0.173. The highest BCUT2D eigenvalue weighted by Gasteiger charge is 2.65. The molecule has 9 saturated carbocycles. The summed E-state index contributed by atoms with van der Waals surface area (Å²) >= 11 is 5.77. The summed E-state index contributed by atoms with van der Waals surface area (Å²) < 4.78 is 16.9. The van der Waals surface area contributed by atoms with Gasteiger partial charge in [0.05, 0.1) is 18.3 Å². The largest absolute Gasteiger partial charge is 0.435 e. The van der Waals surface area contributed by atoms with Crippen molar-refractivity contribution in [3.63, 3.8) is 0 Å². The van der Waals surface area contributed by atoms with Crippen LogP contribution in [0.3, 0.4) is 0 Å². The van der Waals surface area contributed by atoms with Crippen LogP contribution in [0.25, 0.3) is 0 Å². The highest BCUT2D eigenvalue weighted by molar-refractivity contribution is 6.17. The molecule has 0 aliphatic heterocycles. The van der Waals surface area contributed by atoms with Crippen LogP contribution in [0.5, 0.6) is 0 Å². The summed E-state index contributed by atoms with van der Waals surface area (Å²) in [4.78, 5) is 11.4. The van der Waals surface area contributed by atoms with Crippen LogP contribution in [0.4, 0.5) is 0 Å². The topological polar surface area (TPSA) is 65.0 Å². The average Bonchev–Trinajstić information content (AvgIpc) is 3.85. The van der Waals surface area contributed by atoms with E-state index in [0.717, 1.165) is 59.2 Å². The van der Waals surface area contributed by atoms with Crippen LogP contribution >= 0.6 is 11.6 Å². The van der Waals surface area contributed by atoms with Gasteiger partial charge < -0.3 is 19.3 Å². The van der Waals surface area contributed by atoms with E-state index in [1.54, 1.807) is 6.92 Å². The van der Waals surface area contributed by atoms with Crippen LogP contribution in [0.15, 0.2) is 12.2 Å². The summed E-state index contributed by atoms with van der Waals surface area (Å²) in [5.74, 6) is 9.96. The van der Waals surface area contributed by atoms with E-state index in [-0.39, 0.29) is 35.8 Å². The molecule has 0 aromatic rings. The van der Waals surface area contributed by atoms with E-state index in [9.17, 15) is 9.90 Å². The van der Waals surface area contributed by atoms with Crippen LogP contribution in [0.1, 0.15) is 126 Å². The third-order valence-electron chi connectivity index (χ3n) is 17.0. The van der Waals surface area contributed by atoms with Gasteiger partial charge in [-0.1, -0.05) is 79.0 Å². The molecule has 0 amide bonds. The zero-order chi connectivity index (χ0) is 34.3. The first-order chi connectivity index (χ1) is 22.7. The van der Waals surface area contributed by atoms with Crippen molar-refractivity contribution in [2.75, 3.05) is 12.9 Å². The Morgan fingerprint density at radius 2 is 1.04 bits per heavy atom. The fourth-order valence-electron chi connectivity index (χ4n) is 15.0. The summed E-state index contributed by atoms with van der Waals surface area (Å²) in [5, 5.41) is 10.2. The van der Waals surface area contributed by atoms with Gasteiger partial charge in [0.2, 0.25) is 0 Å². The predicted molar refractivity (Wildman–Crippen MR) is 191 cm³/mol. The Hall–Kier alpha value is -0.620. The smallest absolute Gasteiger partial charge is 0.335 e. The van der Waals surface area contributed by atoms with Gasteiger partial charge in [-0.05, 0) is 152 Å². The third kappa shape index (κ3) is 5.60. The van der Waals surface area contributed by atoms with Crippen molar-refractivity contribution in [3.8, 4) is 0 Å². The number of aliphatic hydroxyl groups is 1. The van der Waals surface area contributed by atoms with Gasteiger partial charge >= 0.3 is 5.97 Å². The molecule has 1 N–H and O–H groups in total. The number of hydrogen-bond acceptors (Lipinski definition) is 5. The van der Waals surface area contributed by atoms with Crippen molar-refractivity contribution in [1.82, 2.24) is 0 Å². The second-order valence-electron chi connectivity index (χ2n) is 19.8. The molecule has 0 saturated heterocycles. The van der Waals surface area contributed by atoms with Gasteiger partial charge in [0.15, 0.2) is 6.79 Å². The number of hydrogen-bond donors (Lipinski definition) is 1. The normalized spacial score (nSPS) is 48.3. The highest BCUT2D eigenvalue weighted by Crippen LogP contribution is 2.68. The van der Waals surface area contributed by atoms with E-state index < -0.39 is 0 Å². The SMILES string of the molecule is C=C(C)C(=O)OCOC1C2CC(C3CCCC32)C1(C)C.CC1(C)C(O)C2CC1C1CCCC21.CC1(C)C2CC(C3CCCC32)C1OCCl. The molecule has 15 unspecified atom stereocenters. The van der Waals surface area contributed by atoms with Crippen LogP contribution in [-0.2, 0) is 19.0 Å². The fourth-order valence-corrected chi connectivity index (χ4v) is 15.2. The second kappa shape index (κ2) is 13.1. The lowest BCUT2D eigenvalue weighted by atomic mass is 9.66. The lowest BCUT2D eigenvalue weighted by Gasteiger charge is -2.43. The number of aliphatic hydroxyl groups excluding tert-OH is 1. The molecule has 272 valence electrons. The van der Waals surface area contributed by atoms with E-state index in [1.165, 1.54) is 77.0 Å². The summed E-state index contributed by atoms with van der Waals surface area (Å²) in [7, 11) is 0. The maximum atomic E-state index is 11.4. The second-order valence-corrected chi connectivity index (χ2v) is 20.0. The molecular formula is C42H67ClO5. The molecule has 0 aromatic heterocycles. The van der Waals surface area contributed by atoms with Gasteiger partial charge in [-0.25, -0.2) is 4.79 Å². The zero-order valence-corrected chi connectivity index (χ0v) is 32.0. The quantitative estimate of drug-likeness (QED) is 0.130. The Morgan fingerprint density at radius 1 is 0.646 bits per heavy atom. The maximum absolute atomic E-state index is 11.4. The van der Waals surface area contributed by atoms with Gasteiger partial charge in [0.1, 0.15) is 6.07 Å². The number of carbonyl (C=O) groups excluding carboxylic acids is 1. The van der Waals surface area contributed by atoms with Gasteiger partial charge in [-0.2, -0.15) is 0 Å². The van der Waals surface area contributed by atoms with Crippen molar-refractivity contribution < 1.29 is 24.1 Å². The van der Waals surface area contributed by atoms with Crippen molar-refractivity contribution in [3.05, 3.63) is 12.2 Å². The van der Waals surface area contributed by atoms with Crippen LogP contribution in [0.2, 0.25) is 0 Å². The van der Waals surface area contributed by atoms with Gasteiger partial charge in [0, 0.05) is 5.57 Å². The van der Waals surface area contributed by atoms with Crippen molar-refractivity contribution in [2.45, 2.75) is 144 Å². The molecule has 48 heavy (non-hydrogen) atoms. The molecule has 6 bridgehead atoms. The molecule has 9 fully saturated rings. The zero-order valence-electron chi connectivity index (χ0n) is 31.2. The van der Waals surface area contributed by atoms with E-state index >= 15 is 0 Å². The van der Waals surface area contributed by atoms with Crippen LogP contribution in [-0.4, -0.2) is 42.2 Å². The number of alkyl halides is 1. The summed E-state index contributed by atoms with van der Waals surface area (Å²) in [6.45, 7) is 19.3. The molecule has 9 rings (SSSR count). The van der Waals surface area contributed by atoms with Gasteiger partial charge in [-0.3, -0.25) is 0 Å². The van der Waals surface area contributed by atoms with Crippen molar-refractivity contribution >= 4 is 17.6 Å². The fraction of sp³-hybridized carbons (Fsp3) is 0.929. The minimum Gasteiger partial charge on any atom is -0.435 e. The molecule has 15 atom stereocenters. The molecular weight excluding hydrogens is 620 g/mol. The Labute approximate surface area is 297 Å². The maximum Gasteiger partial charge on any atom is 0.335 e. The van der Waals surface area contributed by atoms with E-state index in [2.05, 4.69) is 48.1 Å². The minimum atomic E-state index is -0.357. The number of halogens is 1. The van der Waals surface area contributed by atoms with Crippen molar-refractivity contribution in [1.29, 1.82) is 0 Å².